The van der Waals surface area contributed by atoms with Gasteiger partial charge >= 0.3 is 7.60 Å². The number of benzene rings is 3. The smallest absolute Gasteiger partial charge is 0.364 e. The Morgan fingerprint density at radius 2 is 1.41 bits per heavy atom. The normalized spacial score (nSPS) is 17.3. The molecule has 0 N–H and O–H groups in total. The minimum absolute atomic E-state index is 0.118. The van der Waals surface area contributed by atoms with Crippen LogP contribution in [-0.4, -0.2) is 12.9 Å². The Balaban J connectivity index is 1.70. The van der Waals surface area contributed by atoms with Crippen molar-refractivity contribution < 1.29 is 27.8 Å². The van der Waals surface area contributed by atoms with Crippen LogP contribution in [0.4, 0.5) is 0 Å². The monoisotopic (exact) mass is 454 g/mol. The molecule has 0 radical (unpaired) electrons. The molecule has 0 aliphatic carbocycles. The van der Waals surface area contributed by atoms with Gasteiger partial charge < -0.3 is 23.3 Å². The highest BCUT2D eigenvalue weighted by atomic mass is 31.2. The van der Waals surface area contributed by atoms with Crippen molar-refractivity contribution in [2.75, 3.05) is 7.11 Å². The van der Waals surface area contributed by atoms with E-state index in [-0.39, 0.29) is 13.2 Å². The van der Waals surface area contributed by atoms with E-state index in [9.17, 15) is 4.57 Å². The first-order valence-electron chi connectivity index (χ1n) is 10.4. The highest BCUT2D eigenvalue weighted by Crippen LogP contribution is 2.66. The molecular weight excluding hydrogens is 427 g/mol. The molecule has 1 aliphatic rings. The molecule has 168 valence electrons. The number of methoxy groups -OCH3 is 1. The summed E-state index contributed by atoms with van der Waals surface area (Å²) in [6.45, 7) is 3.75. The highest BCUT2D eigenvalue weighted by Gasteiger charge is 2.48. The van der Waals surface area contributed by atoms with Gasteiger partial charge in [-0.05, 0) is 17.2 Å². The van der Waals surface area contributed by atoms with Gasteiger partial charge in [0.2, 0.25) is 5.79 Å². The molecule has 1 heterocycles. The van der Waals surface area contributed by atoms with E-state index in [1.54, 1.807) is 39.2 Å². The maximum atomic E-state index is 14.3. The summed E-state index contributed by atoms with van der Waals surface area (Å²) in [5.41, 5.74) is 2.33. The van der Waals surface area contributed by atoms with Gasteiger partial charge in [0.1, 0.15) is 0 Å². The molecule has 0 bridgehead atoms. The van der Waals surface area contributed by atoms with Gasteiger partial charge in [-0.25, -0.2) is 0 Å². The Morgan fingerprint density at radius 3 is 1.94 bits per heavy atom. The Hall–Kier alpha value is -2.63. The molecule has 1 aliphatic heterocycles. The van der Waals surface area contributed by atoms with Gasteiger partial charge in [-0.3, -0.25) is 4.57 Å². The van der Waals surface area contributed by atoms with Crippen molar-refractivity contribution in [1.29, 1.82) is 0 Å². The molecule has 1 unspecified atom stereocenters. The van der Waals surface area contributed by atoms with Crippen LogP contribution in [0, 0.1) is 0 Å². The van der Waals surface area contributed by atoms with Crippen molar-refractivity contribution in [3.05, 3.63) is 95.6 Å². The zero-order valence-corrected chi connectivity index (χ0v) is 19.3. The standard InChI is InChI=1S/C25H27O6P/c1-25(2)30-23-21(15-10-16-22(23)27-3)24(31-25)32(26,28-17-19-11-6-4-7-12-19)29-18-20-13-8-5-9-14-20/h4-16,24H,17-18H2,1-3H3. The van der Waals surface area contributed by atoms with E-state index in [4.69, 9.17) is 23.3 Å². The predicted molar refractivity (Wildman–Crippen MR) is 122 cm³/mol. The van der Waals surface area contributed by atoms with E-state index in [0.29, 0.717) is 17.1 Å². The quantitative estimate of drug-likeness (QED) is 0.364. The number of rotatable bonds is 8. The second-order valence-corrected chi connectivity index (χ2v) is 9.97. The van der Waals surface area contributed by atoms with Crippen LogP contribution in [0.2, 0.25) is 0 Å². The molecular formula is C25H27O6P. The topological polar surface area (TPSA) is 63.2 Å². The predicted octanol–water partition coefficient (Wildman–Crippen LogP) is 6.47. The first-order valence-corrected chi connectivity index (χ1v) is 12.0. The fourth-order valence-electron chi connectivity index (χ4n) is 3.48. The van der Waals surface area contributed by atoms with E-state index >= 15 is 0 Å². The maximum absolute atomic E-state index is 14.3. The van der Waals surface area contributed by atoms with Crippen LogP contribution in [0.3, 0.4) is 0 Å². The number of hydrogen-bond donors (Lipinski definition) is 0. The molecule has 4 rings (SSSR count). The summed E-state index contributed by atoms with van der Waals surface area (Å²) >= 11 is 0. The van der Waals surface area contributed by atoms with Gasteiger partial charge in [-0.15, -0.1) is 0 Å². The van der Waals surface area contributed by atoms with E-state index in [1.807, 2.05) is 60.7 Å². The third kappa shape index (κ3) is 5.05. The second kappa shape index (κ2) is 9.47. The maximum Gasteiger partial charge on any atom is 0.364 e. The van der Waals surface area contributed by atoms with Crippen LogP contribution in [0.15, 0.2) is 78.9 Å². The third-order valence-electron chi connectivity index (χ3n) is 5.03. The lowest BCUT2D eigenvalue weighted by molar-refractivity contribution is -0.191. The van der Waals surface area contributed by atoms with Crippen LogP contribution < -0.4 is 9.47 Å². The first-order chi connectivity index (χ1) is 15.4. The number of fused-ring (bicyclic) bond motifs is 1. The number of ether oxygens (including phenoxy) is 3. The van der Waals surface area contributed by atoms with Crippen LogP contribution >= 0.6 is 7.60 Å². The van der Waals surface area contributed by atoms with Crippen LogP contribution in [0.1, 0.15) is 36.4 Å². The zero-order valence-electron chi connectivity index (χ0n) is 18.4. The SMILES string of the molecule is COc1cccc2c1OC(C)(C)OC2P(=O)(OCc1ccccc1)OCc1ccccc1. The molecule has 0 spiro atoms. The van der Waals surface area contributed by atoms with Gasteiger partial charge in [0, 0.05) is 19.4 Å². The van der Waals surface area contributed by atoms with Gasteiger partial charge in [-0.1, -0.05) is 72.8 Å². The van der Waals surface area contributed by atoms with Gasteiger partial charge in [0.15, 0.2) is 17.3 Å². The van der Waals surface area contributed by atoms with Gasteiger partial charge in [-0.2, -0.15) is 0 Å². The number of para-hydroxylation sites is 1. The summed E-state index contributed by atoms with van der Waals surface area (Å²) < 4.78 is 44.0. The molecule has 3 aromatic rings. The average Bonchev–Trinajstić information content (AvgIpc) is 2.81. The molecule has 0 fully saturated rings. The van der Waals surface area contributed by atoms with E-state index in [1.165, 1.54) is 0 Å². The Labute approximate surface area is 188 Å². The van der Waals surface area contributed by atoms with Crippen LogP contribution in [0.25, 0.3) is 0 Å². The van der Waals surface area contributed by atoms with Crippen LogP contribution in [0.5, 0.6) is 11.5 Å². The summed E-state index contributed by atoms with van der Waals surface area (Å²) in [5, 5.41) is 0. The van der Waals surface area contributed by atoms with Crippen molar-refractivity contribution in [3.8, 4) is 11.5 Å². The van der Waals surface area contributed by atoms with Crippen molar-refractivity contribution in [2.45, 2.75) is 38.7 Å². The molecule has 7 heteroatoms. The first kappa shape index (κ1) is 22.6. The molecule has 0 amide bonds. The fourth-order valence-corrected chi connectivity index (χ4v) is 5.41. The Bertz CT molecular complexity index is 1040. The van der Waals surface area contributed by atoms with E-state index < -0.39 is 19.2 Å². The molecule has 6 nitrogen and oxygen atoms in total. The lowest BCUT2D eigenvalue weighted by atomic mass is 10.1. The zero-order chi connectivity index (χ0) is 22.6. The van der Waals surface area contributed by atoms with Crippen molar-refractivity contribution in [1.82, 2.24) is 0 Å². The summed E-state index contributed by atoms with van der Waals surface area (Å²) in [7, 11) is -2.26. The molecule has 0 saturated carbocycles. The molecule has 32 heavy (non-hydrogen) atoms. The summed E-state index contributed by atoms with van der Waals surface area (Å²) in [5.74, 6) is -1.04. The summed E-state index contributed by atoms with van der Waals surface area (Å²) in [4.78, 5) is 0. The summed E-state index contributed by atoms with van der Waals surface area (Å²) in [6.07, 6.45) is 0. The largest absolute Gasteiger partial charge is 0.493 e. The average molecular weight is 454 g/mol. The summed E-state index contributed by atoms with van der Waals surface area (Å²) in [6, 6.07) is 24.5. The van der Waals surface area contributed by atoms with Gasteiger partial charge in [0.25, 0.3) is 0 Å². The van der Waals surface area contributed by atoms with Gasteiger partial charge in [0.05, 0.1) is 20.3 Å². The Kier molecular flexibility index (Phi) is 6.68. The van der Waals surface area contributed by atoms with Crippen molar-refractivity contribution in [3.63, 3.8) is 0 Å². The van der Waals surface area contributed by atoms with Crippen molar-refractivity contribution in [2.24, 2.45) is 0 Å². The minimum Gasteiger partial charge on any atom is -0.493 e. The molecule has 1 atom stereocenters. The van der Waals surface area contributed by atoms with Crippen LogP contribution in [-0.2, 0) is 31.6 Å². The lowest BCUT2D eigenvalue weighted by Gasteiger charge is -2.40. The fraction of sp³-hybridized carbons (Fsp3) is 0.280. The molecule has 0 saturated heterocycles. The molecule has 0 aromatic heterocycles. The lowest BCUT2D eigenvalue weighted by Crippen LogP contribution is -2.38. The number of hydrogen-bond acceptors (Lipinski definition) is 6. The second-order valence-electron chi connectivity index (χ2n) is 7.91. The highest BCUT2D eigenvalue weighted by molar-refractivity contribution is 7.54. The van der Waals surface area contributed by atoms with E-state index in [2.05, 4.69) is 0 Å². The Morgan fingerprint density at radius 1 is 0.844 bits per heavy atom. The molecule has 3 aromatic carbocycles. The minimum atomic E-state index is -3.83. The van der Waals surface area contributed by atoms with Crippen molar-refractivity contribution >= 4 is 7.60 Å². The van der Waals surface area contributed by atoms with E-state index in [0.717, 1.165) is 11.1 Å². The third-order valence-corrected chi connectivity index (χ3v) is 6.97.